The summed E-state index contributed by atoms with van der Waals surface area (Å²) in [5.74, 6) is -0.183. The molecule has 5 heteroatoms. The van der Waals surface area contributed by atoms with E-state index in [-0.39, 0.29) is 10.9 Å². The molecule has 0 fully saturated rings. The van der Waals surface area contributed by atoms with Crippen LogP contribution in [-0.4, -0.2) is 10.9 Å². The second-order valence-corrected chi connectivity index (χ2v) is 5.37. The fraction of sp³-hybridized carbons (Fsp3) is 0.125. The molecule has 0 spiro atoms. The molecule has 0 radical (unpaired) electrons. The molecule has 108 valence electrons. The van der Waals surface area contributed by atoms with Gasteiger partial charge in [-0.2, -0.15) is 0 Å². The summed E-state index contributed by atoms with van der Waals surface area (Å²) in [7, 11) is 0. The van der Waals surface area contributed by atoms with Crippen LogP contribution in [0.1, 0.15) is 28.4 Å². The van der Waals surface area contributed by atoms with Crippen molar-refractivity contribution in [1.29, 1.82) is 0 Å². The number of thiocarbonyl (C=S) groups is 1. The van der Waals surface area contributed by atoms with Gasteiger partial charge in [0.25, 0.3) is 5.91 Å². The van der Waals surface area contributed by atoms with Gasteiger partial charge >= 0.3 is 0 Å². The van der Waals surface area contributed by atoms with E-state index in [0.29, 0.717) is 21.8 Å². The molecule has 0 heterocycles. The van der Waals surface area contributed by atoms with Crippen LogP contribution in [0.15, 0.2) is 42.5 Å². The molecule has 0 saturated heterocycles. The number of carbonyl (C=O) groups is 1. The molecule has 2 aromatic rings. The molecule has 0 atom stereocenters. The number of rotatable bonds is 4. The molecule has 0 aliphatic heterocycles. The Morgan fingerprint density at radius 2 is 2.00 bits per heavy atom. The molecule has 1 amide bonds. The number of nitrogens with two attached hydrogens (primary N) is 1. The van der Waals surface area contributed by atoms with E-state index >= 15 is 0 Å². The molecule has 0 saturated carbocycles. The average Bonchev–Trinajstić information content (AvgIpc) is 2.48. The van der Waals surface area contributed by atoms with Gasteiger partial charge in [-0.1, -0.05) is 48.9 Å². The number of amides is 1. The van der Waals surface area contributed by atoms with Gasteiger partial charge in [0.2, 0.25) is 0 Å². The number of hydrogen-bond donors (Lipinski definition) is 2. The molecule has 21 heavy (non-hydrogen) atoms. The standard InChI is InChI=1S/C16H15ClN2OS/c1-2-10-5-3-4-6-12(10)16(20)19-14-8-7-11(15(18)21)9-13(14)17/h3-9H,2H2,1H3,(H2,18,21)(H,19,20). The Morgan fingerprint density at radius 1 is 1.29 bits per heavy atom. The second kappa shape index (κ2) is 6.70. The molecule has 3 N–H and O–H groups in total. The van der Waals surface area contributed by atoms with Gasteiger partial charge in [0.05, 0.1) is 10.7 Å². The molecule has 0 bridgehead atoms. The fourth-order valence-corrected chi connectivity index (χ4v) is 2.36. The first kappa shape index (κ1) is 15.5. The summed E-state index contributed by atoms with van der Waals surface area (Å²) in [5, 5.41) is 3.22. The summed E-state index contributed by atoms with van der Waals surface area (Å²) < 4.78 is 0. The summed E-state index contributed by atoms with van der Waals surface area (Å²) in [5.41, 5.74) is 8.39. The maximum atomic E-state index is 12.3. The summed E-state index contributed by atoms with van der Waals surface area (Å²) in [6.07, 6.45) is 0.789. The molecule has 0 unspecified atom stereocenters. The topological polar surface area (TPSA) is 55.1 Å². The fourth-order valence-electron chi connectivity index (χ4n) is 2.01. The predicted octanol–water partition coefficient (Wildman–Crippen LogP) is 3.79. The van der Waals surface area contributed by atoms with Crippen LogP contribution in [0.2, 0.25) is 5.02 Å². The van der Waals surface area contributed by atoms with Crippen molar-refractivity contribution in [2.45, 2.75) is 13.3 Å². The SMILES string of the molecule is CCc1ccccc1C(=O)Nc1ccc(C(N)=S)cc1Cl. The van der Waals surface area contributed by atoms with E-state index in [1.165, 1.54) is 0 Å². The van der Waals surface area contributed by atoms with Crippen LogP contribution < -0.4 is 11.1 Å². The van der Waals surface area contributed by atoms with Gasteiger partial charge in [-0.05, 0) is 36.2 Å². The lowest BCUT2D eigenvalue weighted by Crippen LogP contribution is -2.15. The van der Waals surface area contributed by atoms with Gasteiger partial charge in [0.15, 0.2) is 0 Å². The van der Waals surface area contributed by atoms with Crippen molar-refractivity contribution in [3.63, 3.8) is 0 Å². The highest BCUT2D eigenvalue weighted by Crippen LogP contribution is 2.24. The van der Waals surface area contributed by atoms with Gasteiger partial charge < -0.3 is 11.1 Å². The van der Waals surface area contributed by atoms with E-state index in [4.69, 9.17) is 29.6 Å². The quantitative estimate of drug-likeness (QED) is 0.843. The van der Waals surface area contributed by atoms with Crippen LogP contribution in [0, 0.1) is 0 Å². The summed E-state index contributed by atoms with van der Waals surface area (Å²) >= 11 is 11.0. The van der Waals surface area contributed by atoms with E-state index in [0.717, 1.165) is 12.0 Å². The van der Waals surface area contributed by atoms with Crippen molar-refractivity contribution in [3.8, 4) is 0 Å². The molecule has 2 aromatic carbocycles. The van der Waals surface area contributed by atoms with Crippen LogP contribution in [0.25, 0.3) is 0 Å². The first-order valence-electron chi connectivity index (χ1n) is 6.51. The minimum atomic E-state index is -0.183. The van der Waals surface area contributed by atoms with E-state index in [1.807, 2.05) is 25.1 Å². The highest BCUT2D eigenvalue weighted by molar-refractivity contribution is 7.80. The molecule has 2 rings (SSSR count). The van der Waals surface area contributed by atoms with E-state index in [9.17, 15) is 4.79 Å². The maximum absolute atomic E-state index is 12.3. The minimum Gasteiger partial charge on any atom is -0.389 e. The number of carbonyl (C=O) groups excluding carboxylic acids is 1. The van der Waals surface area contributed by atoms with E-state index in [1.54, 1.807) is 24.3 Å². The number of anilines is 1. The van der Waals surface area contributed by atoms with Crippen molar-refractivity contribution in [3.05, 3.63) is 64.2 Å². The van der Waals surface area contributed by atoms with Gasteiger partial charge in [-0.3, -0.25) is 4.79 Å². The number of hydrogen-bond acceptors (Lipinski definition) is 2. The van der Waals surface area contributed by atoms with Gasteiger partial charge in [-0.25, -0.2) is 0 Å². The molecule has 0 aromatic heterocycles. The van der Waals surface area contributed by atoms with Crippen molar-refractivity contribution in [1.82, 2.24) is 0 Å². The summed E-state index contributed by atoms with van der Waals surface area (Å²) in [4.78, 5) is 12.6. The van der Waals surface area contributed by atoms with Gasteiger partial charge in [-0.15, -0.1) is 0 Å². The number of halogens is 1. The Hall–Kier alpha value is -1.91. The number of nitrogens with one attached hydrogen (secondary N) is 1. The van der Waals surface area contributed by atoms with Crippen molar-refractivity contribution in [2.75, 3.05) is 5.32 Å². The lowest BCUT2D eigenvalue weighted by atomic mass is 10.0. The van der Waals surface area contributed by atoms with Crippen molar-refractivity contribution < 1.29 is 4.79 Å². The Kier molecular flexibility index (Phi) is 4.94. The molecule has 0 aliphatic rings. The van der Waals surface area contributed by atoms with Crippen LogP contribution in [0.4, 0.5) is 5.69 Å². The largest absolute Gasteiger partial charge is 0.389 e. The van der Waals surface area contributed by atoms with E-state index < -0.39 is 0 Å². The zero-order valence-electron chi connectivity index (χ0n) is 11.5. The molecule has 3 nitrogen and oxygen atoms in total. The molecular weight excluding hydrogens is 304 g/mol. The maximum Gasteiger partial charge on any atom is 0.255 e. The van der Waals surface area contributed by atoms with Gasteiger partial charge in [0.1, 0.15) is 4.99 Å². The zero-order valence-corrected chi connectivity index (χ0v) is 13.1. The van der Waals surface area contributed by atoms with Crippen LogP contribution in [-0.2, 0) is 6.42 Å². The zero-order chi connectivity index (χ0) is 15.4. The Labute approximate surface area is 134 Å². The third kappa shape index (κ3) is 3.60. The summed E-state index contributed by atoms with van der Waals surface area (Å²) in [6.45, 7) is 2.01. The average molecular weight is 319 g/mol. The Morgan fingerprint density at radius 3 is 2.62 bits per heavy atom. The third-order valence-electron chi connectivity index (χ3n) is 3.14. The van der Waals surface area contributed by atoms with Crippen molar-refractivity contribution in [2.24, 2.45) is 5.73 Å². The first-order chi connectivity index (χ1) is 10.0. The predicted molar refractivity (Wildman–Crippen MR) is 91.1 cm³/mol. The van der Waals surface area contributed by atoms with Crippen LogP contribution >= 0.6 is 23.8 Å². The number of benzene rings is 2. The second-order valence-electron chi connectivity index (χ2n) is 4.52. The van der Waals surface area contributed by atoms with Crippen LogP contribution in [0.5, 0.6) is 0 Å². The third-order valence-corrected chi connectivity index (χ3v) is 3.69. The smallest absolute Gasteiger partial charge is 0.255 e. The van der Waals surface area contributed by atoms with Crippen molar-refractivity contribution >= 4 is 40.4 Å². The Bertz CT molecular complexity index is 700. The van der Waals surface area contributed by atoms with Crippen LogP contribution in [0.3, 0.4) is 0 Å². The number of aryl methyl sites for hydroxylation is 1. The lowest BCUT2D eigenvalue weighted by molar-refractivity contribution is 0.102. The monoisotopic (exact) mass is 318 g/mol. The normalized spacial score (nSPS) is 10.2. The van der Waals surface area contributed by atoms with Gasteiger partial charge in [0, 0.05) is 11.1 Å². The molecule has 0 aliphatic carbocycles. The van der Waals surface area contributed by atoms with E-state index in [2.05, 4.69) is 5.32 Å². The highest BCUT2D eigenvalue weighted by Gasteiger charge is 2.12. The lowest BCUT2D eigenvalue weighted by Gasteiger charge is -2.11. The molecular formula is C16H15ClN2OS. The highest BCUT2D eigenvalue weighted by atomic mass is 35.5. The minimum absolute atomic E-state index is 0.183. The Balaban J connectivity index is 2.26. The summed E-state index contributed by atoms with van der Waals surface area (Å²) in [6, 6.07) is 12.6. The first-order valence-corrected chi connectivity index (χ1v) is 7.30.